The lowest BCUT2D eigenvalue weighted by Crippen LogP contribution is -2.18. The average molecular weight is 239 g/mol. The molecule has 92 valence electrons. The van der Waals surface area contributed by atoms with E-state index in [1.165, 1.54) is 25.7 Å². The summed E-state index contributed by atoms with van der Waals surface area (Å²) in [4.78, 5) is 8.69. The number of hydrogen-bond acceptors (Lipinski definition) is 3. The lowest BCUT2D eigenvalue weighted by atomic mass is 10.0. The Morgan fingerprint density at radius 3 is 2.78 bits per heavy atom. The van der Waals surface area contributed by atoms with E-state index in [1.807, 2.05) is 18.2 Å². The van der Waals surface area contributed by atoms with Crippen LogP contribution in [0.25, 0.3) is 10.9 Å². The average Bonchev–Trinajstić information content (AvgIpc) is 3.28. The first-order chi connectivity index (χ1) is 8.87. The van der Waals surface area contributed by atoms with Crippen LogP contribution in [0.15, 0.2) is 30.6 Å². The highest BCUT2D eigenvalue weighted by atomic mass is 15.0. The van der Waals surface area contributed by atoms with Gasteiger partial charge in [0, 0.05) is 11.9 Å². The molecule has 2 saturated carbocycles. The van der Waals surface area contributed by atoms with Gasteiger partial charge in [0.25, 0.3) is 0 Å². The Bertz CT molecular complexity index is 580. The van der Waals surface area contributed by atoms with Crippen LogP contribution in [0.4, 0.5) is 5.82 Å². The molecule has 2 aliphatic carbocycles. The van der Waals surface area contributed by atoms with Crippen LogP contribution in [0.1, 0.15) is 25.7 Å². The quantitative estimate of drug-likeness (QED) is 0.890. The van der Waals surface area contributed by atoms with Gasteiger partial charge in [-0.1, -0.05) is 12.1 Å². The fourth-order valence-corrected chi connectivity index (χ4v) is 2.99. The minimum atomic E-state index is 0.603. The second-order valence-corrected chi connectivity index (χ2v) is 5.73. The van der Waals surface area contributed by atoms with Crippen molar-refractivity contribution in [3.63, 3.8) is 0 Å². The van der Waals surface area contributed by atoms with Gasteiger partial charge < -0.3 is 5.32 Å². The number of hydrogen-bond donors (Lipinski definition) is 1. The van der Waals surface area contributed by atoms with E-state index in [0.717, 1.165) is 29.2 Å². The van der Waals surface area contributed by atoms with Crippen LogP contribution in [-0.4, -0.2) is 16.5 Å². The van der Waals surface area contributed by atoms with Gasteiger partial charge in [-0.25, -0.2) is 9.97 Å². The smallest absolute Gasteiger partial charge is 0.137 e. The van der Waals surface area contributed by atoms with E-state index in [-0.39, 0.29) is 0 Å². The number of para-hydroxylation sites is 1. The maximum Gasteiger partial charge on any atom is 0.137 e. The number of nitrogens with one attached hydrogen (secondary N) is 1. The van der Waals surface area contributed by atoms with E-state index in [4.69, 9.17) is 0 Å². The van der Waals surface area contributed by atoms with Crippen LogP contribution in [0, 0.1) is 11.3 Å². The van der Waals surface area contributed by atoms with Crippen molar-refractivity contribution in [1.82, 2.24) is 9.97 Å². The van der Waals surface area contributed by atoms with Gasteiger partial charge in [0.05, 0.1) is 5.52 Å². The molecule has 0 atom stereocenters. The molecule has 3 heteroatoms. The molecule has 0 unspecified atom stereocenters. The Kier molecular flexibility index (Phi) is 2.10. The van der Waals surface area contributed by atoms with Gasteiger partial charge in [0.2, 0.25) is 0 Å². The molecule has 0 saturated heterocycles. The molecule has 0 aliphatic heterocycles. The molecule has 1 aromatic heterocycles. The molecule has 1 N–H and O–H groups in total. The zero-order valence-electron chi connectivity index (χ0n) is 10.4. The van der Waals surface area contributed by atoms with Gasteiger partial charge in [-0.05, 0) is 49.1 Å². The normalized spacial score (nSPS) is 20.9. The Morgan fingerprint density at radius 2 is 2.00 bits per heavy atom. The molecule has 0 bridgehead atoms. The number of rotatable bonds is 4. The second-order valence-electron chi connectivity index (χ2n) is 5.73. The van der Waals surface area contributed by atoms with E-state index in [2.05, 4.69) is 21.4 Å². The second kappa shape index (κ2) is 3.67. The maximum absolute atomic E-state index is 4.40. The largest absolute Gasteiger partial charge is 0.369 e. The topological polar surface area (TPSA) is 37.8 Å². The summed E-state index contributed by atoms with van der Waals surface area (Å²) in [6, 6.07) is 8.20. The molecular formula is C15H17N3. The Labute approximate surface area is 107 Å². The summed E-state index contributed by atoms with van der Waals surface area (Å²) in [5.74, 6) is 1.98. The molecule has 2 fully saturated rings. The Balaban J connectivity index is 1.59. The summed E-state index contributed by atoms with van der Waals surface area (Å²) >= 11 is 0. The van der Waals surface area contributed by atoms with E-state index >= 15 is 0 Å². The summed E-state index contributed by atoms with van der Waals surface area (Å²) in [6.45, 7) is 1.08. The number of fused-ring (bicyclic) bond motifs is 1. The van der Waals surface area contributed by atoms with Crippen LogP contribution in [0.5, 0.6) is 0 Å². The van der Waals surface area contributed by atoms with Gasteiger partial charge in [0.15, 0.2) is 0 Å². The third-order valence-corrected chi connectivity index (χ3v) is 4.49. The van der Waals surface area contributed by atoms with Crippen molar-refractivity contribution >= 4 is 16.7 Å². The highest BCUT2D eigenvalue weighted by Crippen LogP contribution is 2.61. The molecule has 18 heavy (non-hydrogen) atoms. The summed E-state index contributed by atoms with van der Waals surface area (Å²) in [5, 5.41) is 4.69. The van der Waals surface area contributed by atoms with Gasteiger partial charge in [-0.2, -0.15) is 0 Å². The zero-order chi connectivity index (χ0) is 12.0. The molecule has 0 radical (unpaired) electrons. The van der Waals surface area contributed by atoms with Crippen LogP contribution in [-0.2, 0) is 0 Å². The standard InChI is InChI=1S/C15H17N3/c1-2-4-13-12(3-1)14(18-10-17-13)16-9-15(7-8-15)11-5-6-11/h1-4,10-11H,5-9H2,(H,16,17,18). The van der Waals surface area contributed by atoms with Crippen molar-refractivity contribution in [2.45, 2.75) is 25.7 Å². The minimum Gasteiger partial charge on any atom is -0.369 e. The molecule has 1 heterocycles. The van der Waals surface area contributed by atoms with Crippen molar-refractivity contribution in [3.05, 3.63) is 30.6 Å². The SMILES string of the molecule is c1ccc2c(NCC3(C4CC4)CC3)ncnc2c1. The van der Waals surface area contributed by atoms with Gasteiger partial charge in [0.1, 0.15) is 12.1 Å². The van der Waals surface area contributed by atoms with E-state index in [9.17, 15) is 0 Å². The first-order valence-corrected chi connectivity index (χ1v) is 6.81. The summed E-state index contributed by atoms with van der Waals surface area (Å²) in [6.07, 6.45) is 7.32. The highest BCUT2D eigenvalue weighted by Gasteiger charge is 2.53. The lowest BCUT2D eigenvalue weighted by molar-refractivity contribution is 0.466. The number of anilines is 1. The summed E-state index contributed by atoms with van der Waals surface area (Å²) in [5.41, 5.74) is 1.62. The predicted molar refractivity (Wildman–Crippen MR) is 72.4 cm³/mol. The van der Waals surface area contributed by atoms with Crippen LogP contribution in [0.3, 0.4) is 0 Å². The number of benzene rings is 1. The maximum atomic E-state index is 4.40. The molecule has 2 aliphatic rings. The Morgan fingerprint density at radius 1 is 1.17 bits per heavy atom. The zero-order valence-corrected chi connectivity index (χ0v) is 10.4. The van der Waals surface area contributed by atoms with Crippen molar-refractivity contribution in [2.75, 3.05) is 11.9 Å². The first kappa shape index (κ1) is 10.3. The monoisotopic (exact) mass is 239 g/mol. The Hall–Kier alpha value is -1.64. The number of nitrogens with zero attached hydrogens (tertiary/aromatic N) is 2. The van der Waals surface area contributed by atoms with Crippen molar-refractivity contribution in [2.24, 2.45) is 11.3 Å². The third-order valence-electron chi connectivity index (χ3n) is 4.49. The van der Waals surface area contributed by atoms with Crippen molar-refractivity contribution in [3.8, 4) is 0 Å². The van der Waals surface area contributed by atoms with Crippen molar-refractivity contribution in [1.29, 1.82) is 0 Å². The predicted octanol–water partition coefficient (Wildman–Crippen LogP) is 3.23. The van der Waals surface area contributed by atoms with E-state index < -0.39 is 0 Å². The molecule has 2 aromatic rings. The molecule has 4 rings (SSSR count). The van der Waals surface area contributed by atoms with E-state index in [0.29, 0.717) is 5.41 Å². The minimum absolute atomic E-state index is 0.603. The fourth-order valence-electron chi connectivity index (χ4n) is 2.99. The lowest BCUT2D eigenvalue weighted by Gasteiger charge is -2.16. The van der Waals surface area contributed by atoms with Crippen molar-refractivity contribution < 1.29 is 0 Å². The van der Waals surface area contributed by atoms with Gasteiger partial charge in [-0.15, -0.1) is 0 Å². The highest BCUT2D eigenvalue weighted by molar-refractivity contribution is 5.88. The molecular weight excluding hydrogens is 222 g/mol. The summed E-state index contributed by atoms with van der Waals surface area (Å²) < 4.78 is 0. The fraction of sp³-hybridized carbons (Fsp3) is 0.467. The molecule has 1 aromatic carbocycles. The van der Waals surface area contributed by atoms with Crippen LogP contribution in [0.2, 0.25) is 0 Å². The van der Waals surface area contributed by atoms with Crippen LogP contribution >= 0.6 is 0 Å². The van der Waals surface area contributed by atoms with E-state index in [1.54, 1.807) is 6.33 Å². The third kappa shape index (κ3) is 1.65. The first-order valence-electron chi connectivity index (χ1n) is 6.81. The molecule has 0 amide bonds. The summed E-state index contributed by atoms with van der Waals surface area (Å²) in [7, 11) is 0. The van der Waals surface area contributed by atoms with Gasteiger partial charge in [-0.3, -0.25) is 0 Å². The number of aromatic nitrogens is 2. The van der Waals surface area contributed by atoms with Gasteiger partial charge >= 0.3 is 0 Å². The van der Waals surface area contributed by atoms with Crippen LogP contribution < -0.4 is 5.32 Å². The molecule has 0 spiro atoms. The molecule has 3 nitrogen and oxygen atoms in total.